The largest absolute Gasteiger partial charge is 0.236 e. The first-order valence-electron chi connectivity index (χ1n) is 5.72. The molecule has 2 nitrogen and oxygen atoms in total. The average Bonchev–Trinajstić information content (AvgIpc) is 2.85. The van der Waals surface area contributed by atoms with Crippen LogP contribution in [0.1, 0.15) is 17.1 Å². The van der Waals surface area contributed by atoms with Crippen molar-refractivity contribution in [2.45, 2.75) is 22.2 Å². The fraction of sp³-hybridized carbons (Fsp3) is 0.231. The molecule has 3 rings (SSSR count). The second-order valence-electron chi connectivity index (χ2n) is 4.09. The Morgan fingerprint density at radius 3 is 3.05 bits per heavy atom. The van der Waals surface area contributed by atoms with Crippen LogP contribution in [0.3, 0.4) is 0 Å². The van der Waals surface area contributed by atoms with Gasteiger partial charge in [-0.3, -0.25) is 0 Å². The third kappa shape index (κ3) is 3.27. The van der Waals surface area contributed by atoms with E-state index in [1.807, 2.05) is 23.9 Å². The van der Waals surface area contributed by atoms with Gasteiger partial charge in [-0.15, -0.1) is 11.8 Å². The van der Waals surface area contributed by atoms with Crippen LogP contribution in [0.15, 0.2) is 33.6 Å². The van der Waals surface area contributed by atoms with Gasteiger partial charge in [-0.05, 0) is 18.2 Å². The average molecular weight is 374 g/mol. The molecule has 6 heteroatoms. The van der Waals surface area contributed by atoms with E-state index < -0.39 is 0 Å². The predicted octanol–water partition coefficient (Wildman–Crippen LogP) is 4.93. The summed E-state index contributed by atoms with van der Waals surface area (Å²) in [6.45, 7) is 0. The lowest BCUT2D eigenvalue weighted by molar-refractivity contribution is 0.974. The number of fused-ring (bicyclic) bond motifs is 1. The number of rotatable bonds is 3. The summed E-state index contributed by atoms with van der Waals surface area (Å²) in [4.78, 5) is 10.2. The van der Waals surface area contributed by atoms with Gasteiger partial charge in [0.1, 0.15) is 11.0 Å². The third-order valence-electron chi connectivity index (χ3n) is 2.74. The fourth-order valence-electron chi connectivity index (χ4n) is 1.83. The maximum Gasteiger partial charge on any atom is 0.140 e. The summed E-state index contributed by atoms with van der Waals surface area (Å²) < 4.78 is 1.09. The molecule has 0 atom stereocenters. The van der Waals surface area contributed by atoms with E-state index in [0.717, 1.165) is 38.8 Å². The van der Waals surface area contributed by atoms with Crippen LogP contribution in [0.4, 0.5) is 0 Å². The number of aromatic nitrogens is 2. The van der Waals surface area contributed by atoms with E-state index in [-0.39, 0.29) is 0 Å². The molecule has 0 spiro atoms. The summed E-state index contributed by atoms with van der Waals surface area (Å²) in [5.41, 5.74) is 2.22. The Balaban J connectivity index is 1.76. The van der Waals surface area contributed by atoms with Crippen LogP contribution in [-0.4, -0.2) is 9.97 Å². The zero-order chi connectivity index (χ0) is 13.2. The van der Waals surface area contributed by atoms with Crippen molar-refractivity contribution in [1.29, 1.82) is 0 Å². The Kier molecular flexibility index (Phi) is 4.37. The molecule has 19 heavy (non-hydrogen) atoms. The molecule has 0 saturated carbocycles. The van der Waals surface area contributed by atoms with Gasteiger partial charge in [0.05, 0.1) is 11.4 Å². The van der Waals surface area contributed by atoms with E-state index in [1.165, 1.54) is 4.90 Å². The Labute approximate surface area is 133 Å². The first kappa shape index (κ1) is 13.7. The topological polar surface area (TPSA) is 25.8 Å². The molecule has 0 bridgehead atoms. The van der Waals surface area contributed by atoms with Crippen LogP contribution >= 0.6 is 51.1 Å². The highest BCUT2D eigenvalue weighted by Crippen LogP contribution is 2.33. The molecule has 2 heterocycles. The van der Waals surface area contributed by atoms with Crippen molar-refractivity contribution in [3.63, 3.8) is 0 Å². The molecule has 1 aromatic carbocycles. The SMILES string of the molecule is Clc1nc(CSc2cccc(Br)c2)nc2c1CSC2. The highest BCUT2D eigenvalue weighted by Gasteiger charge is 2.18. The minimum atomic E-state index is 0.625. The molecule has 1 aromatic heterocycles. The van der Waals surface area contributed by atoms with Crippen LogP contribution < -0.4 is 0 Å². The van der Waals surface area contributed by atoms with Crippen molar-refractivity contribution in [2.75, 3.05) is 0 Å². The van der Waals surface area contributed by atoms with Gasteiger partial charge in [0, 0.05) is 26.4 Å². The molecule has 0 unspecified atom stereocenters. The van der Waals surface area contributed by atoms with Crippen LogP contribution in [0.25, 0.3) is 0 Å². The molecule has 1 aliphatic rings. The Hall–Kier alpha value is -0.230. The standard InChI is InChI=1S/C13H10BrClN2S2/c14-8-2-1-3-9(4-8)19-7-12-16-11-6-18-5-10(11)13(15)17-12/h1-4H,5-7H2. The summed E-state index contributed by atoms with van der Waals surface area (Å²) in [5.74, 6) is 3.45. The van der Waals surface area contributed by atoms with Crippen molar-refractivity contribution in [1.82, 2.24) is 9.97 Å². The summed E-state index contributed by atoms with van der Waals surface area (Å²) in [6, 6.07) is 8.22. The molecular weight excluding hydrogens is 364 g/mol. The van der Waals surface area contributed by atoms with E-state index in [2.05, 4.69) is 38.0 Å². The maximum absolute atomic E-state index is 6.20. The van der Waals surface area contributed by atoms with Crippen molar-refractivity contribution >= 4 is 51.1 Å². The highest BCUT2D eigenvalue weighted by molar-refractivity contribution is 9.10. The third-order valence-corrected chi connectivity index (χ3v) is 5.50. The molecule has 98 valence electrons. The van der Waals surface area contributed by atoms with E-state index in [9.17, 15) is 0 Å². The van der Waals surface area contributed by atoms with Gasteiger partial charge in [0.2, 0.25) is 0 Å². The van der Waals surface area contributed by atoms with Crippen LogP contribution in [0, 0.1) is 0 Å². The second-order valence-corrected chi connectivity index (χ2v) is 7.40. The summed E-state index contributed by atoms with van der Waals surface area (Å²) in [6.07, 6.45) is 0. The van der Waals surface area contributed by atoms with Crippen molar-refractivity contribution in [2.24, 2.45) is 0 Å². The molecule has 0 saturated heterocycles. The molecule has 1 aliphatic heterocycles. The van der Waals surface area contributed by atoms with Gasteiger partial charge in [0.15, 0.2) is 0 Å². The molecule has 0 amide bonds. The number of thioether (sulfide) groups is 2. The number of benzene rings is 1. The second kappa shape index (κ2) is 6.04. The van der Waals surface area contributed by atoms with Crippen LogP contribution in [0.5, 0.6) is 0 Å². The molecule has 0 N–H and O–H groups in total. The van der Waals surface area contributed by atoms with Crippen LogP contribution in [0.2, 0.25) is 5.15 Å². The number of halogens is 2. The molecule has 2 aromatic rings. The first-order valence-corrected chi connectivity index (χ1v) is 9.04. The van der Waals surface area contributed by atoms with Crippen LogP contribution in [-0.2, 0) is 17.3 Å². The predicted molar refractivity (Wildman–Crippen MR) is 85.7 cm³/mol. The lowest BCUT2D eigenvalue weighted by atomic mass is 10.3. The maximum atomic E-state index is 6.20. The van der Waals surface area contributed by atoms with Crippen molar-refractivity contribution in [3.05, 3.63) is 51.0 Å². The van der Waals surface area contributed by atoms with Gasteiger partial charge >= 0.3 is 0 Å². The van der Waals surface area contributed by atoms with Gasteiger partial charge in [0.25, 0.3) is 0 Å². The molecule has 0 radical (unpaired) electrons. The smallest absolute Gasteiger partial charge is 0.140 e. The summed E-state index contributed by atoms with van der Waals surface area (Å²) in [5, 5.41) is 0.625. The fourth-order valence-corrected chi connectivity index (χ4v) is 4.58. The number of hydrogen-bond acceptors (Lipinski definition) is 4. The Morgan fingerprint density at radius 2 is 2.21 bits per heavy atom. The van der Waals surface area contributed by atoms with Crippen molar-refractivity contribution in [3.8, 4) is 0 Å². The quantitative estimate of drug-likeness (QED) is 0.562. The minimum Gasteiger partial charge on any atom is -0.236 e. The summed E-state index contributed by atoms with van der Waals surface area (Å²) >= 11 is 13.2. The van der Waals surface area contributed by atoms with Crippen molar-refractivity contribution < 1.29 is 0 Å². The zero-order valence-corrected chi connectivity index (χ0v) is 13.9. The highest BCUT2D eigenvalue weighted by atomic mass is 79.9. The zero-order valence-electron chi connectivity index (χ0n) is 9.90. The summed E-state index contributed by atoms with van der Waals surface area (Å²) in [7, 11) is 0. The molecule has 0 fully saturated rings. The van der Waals surface area contributed by atoms with Gasteiger partial charge in [-0.25, -0.2) is 9.97 Å². The molecular formula is C13H10BrClN2S2. The molecule has 0 aliphatic carbocycles. The monoisotopic (exact) mass is 372 g/mol. The van der Waals surface area contributed by atoms with E-state index >= 15 is 0 Å². The normalized spacial score (nSPS) is 13.6. The number of nitrogens with zero attached hydrogens (tertiary/aromatic N) is 2. The lowest BCUT2D eigenvalue weighted by Crippen LogP contribution is -1.99. The van der Waals surface area contributed by atoms with Gasteiger partial charge in [-0.2, -0.15) is 11.8 Å². The Morgan fingerprint density at radius 1 is 1.32 bits per heavy atom. The van der Waals surface area contributed by atoms with E-state index in [1.54, 1.807) is 11.8 Å². The van der Waals surface area contributed by atoms with E-state index in [4.69, 9.17) is 11.6 Å². The van der Waals surface area contributed by atoms with E-state index in [0.29, 0.717) is 5.15 Å². The lowest BCUT2D eigenvalue weighted by Gasteiger charge is -2.05. The minimum absolute atomic E-state index is 0.625. The first-order chi connectivity index (χ1) is 9.22. The van der Waals surface area contributed by atoms with Gasteiger partial charge < -0.3 is 0 Å². The van der Waals surface area contributed by atoms with Gasteiger partial charge in [-0.1, -0.05) is 33.6 Å². The Bertz CT molecular complexity index is 622. The number of hydrogen-bond donors (Lipinski definition) is 0.